The lowest BCUT2D eigenvalue weighted by atomic mass is 10.4. The topological polar surface area (TPSA) is 80.0 Å². The molecule has 0 unspecified atom stereocenters. The van der Waals surface area contributed by atoms with Crippen molar-refractivity contribution in [3.8, 4) is 0 Å². The summed E-state index contributed by atoms with van der Waals surface area (Å²) in [7, 11) is 21.7. The number of aliphatic hydroxyl groups excluding tert-OH is 1. The minimum absolute atomic E-state index is 0.0696. The van der Waals surface area contributed by atoms with Crippen molar-refractivity contribution in [2.75, 3.05) is 124 Å². The van der Waals surface area contributed by atoms with Gasteiger partial charge in [0.1, 0.15) is 6.73 Å². The van der Waals surface area contributed by atoms with E-state index < -0.39 is 0 Å². The van der Waals surface area contributed by atoms with E-state index in [9.17, 15) is 5.11 Å². The van der Waals surface area contributed by atoms with Crippen LogP contribution in [0.3, 0.4) is 0 Å². The molecule has 0 fully saturated rings. The van der Waals surface area contributed by atoms with E-state index in [1.165, 1.54) is 0 Å². The first-order valence-corrected chi connectivity index (χ1v) is 11.0. The summed E-state index contributed by atoms with van der Waals surface area (Å²) in [4.78, 5) is 28.3. The van der Waals surface area contributed by atoms with E-state index in [1.807, 2.05) is 102 Å². The van der Waals surface area contributed by atoms with Crippen molar-refractivity contribution < 1.29 is 5.11 Å². The first-order valence-electron chi connectivity index (χ1n) is 11.0. The second kappa shape index (κ2) is 15.5. The monoisotopic (exact) mass is 456 g/mol. The summed E-state index contributed by atoms with van der Waals surface area (Å²) in [6.07, 6.45) is 0. The van der Waals surface area contributed by atoms with Gasteiger partial charge in [0.15, 0.2) is 17.9 Å². The molecule has 0 aromatic rings. The molecule has 0 aliphatic carbocycles. The molecule has 0 aliphatic rings. The second-order valence-electron chi connectivity index (χ2n) is 8.70. The summed E-state index contributed by atoms with van der Waals surface area (Å²) in [5, 5.41) is 9.44. The standard InChI is InChI=1S/C21H48N10O/c1-25(2)19(26(3)4)22-12-15-31(16-13-23-20(27(5)6)28(7)8)17-14-24-21(29(9)10)30(11)18-32/h32H,12-18H2,1-11H3. The maximum atomic E-state index is 9.44. The Balaban J connectivity index is 5.29. The Bertz CT molecular complexity index is 545. The number of hydrogen-bond donors (Lipinski definition) is 1. The summed E-state index contributed by atoms with van der Waals surface area (Å²) < 4.78 is 0. The summed E-state index contributed by atoms with van der Waals surface area (Å²) in [5.41, 5.74) is 0. The van der Waals surface area contributed by atoms with Gasteiger partial charge < -0.3 is 34.5 Å². The smallest absolute Gasteiger partial charge is 0.197 e. The molecule has 0 amide bonds. The Hall–Kier alpha value is -2.27. The van der Waals surface area contributed by atoms with Crippen LogP contribution >= 0.6 is 0 Å². The van der Waals surface area contributed by atoms with Crippen LogP contribution < -0.4 is 0 Å². The molecule has 32 heavy (non-hydrogen) atoms. The third-order valence-electron chi connectivity index (χ3n) is 4.56. The predicted molar refractivity (Wildman–Crippen MR) is 137 cm³/mol. The van der Waals surface area contributed by atoms with Gasteiger partial charge in [-0.1, -0.05) is 0 Å². The van der Waals surface area contributed by atoms with Gasteiger partial charge in [0.05, 0.1) is 19.6 Å². The van der Waals surface area contributed by atoms with Crippen LogP contribution in [-0.4, -0.2) is 181 Å². The van der Waals surface area contributed by atoms with E-state index in [2.05, 4.69) is 4.90 Å². The van der Waals surface area contributed by atoms with Crippen LogP contribution in [0.15, 0.2) is 15.0 Å². The van der Waals surface area contributed by atoms with Crippen LogP contribution in [0.2, 0.25) is 0 Å². The molecule has 0 saturated carbocycles. The molecule has 0 saturated heterocycles. The summed E-state index contributed by atoms with van der Waals surface area (Å²) in [6.45, 7) is 4.40. The fourth-order valence-corrected chi connectivity index (χ4v) is 3.24. The Morgan fingerprint density at radius 1 is 0.500 bits per heavy atom. The van der Waals surface area contributed by atoms with Gasteiger partial charge in [-0.25, -0.2) is 0 Å². The van der Waals surface area contributed by atoms with Crippen LogP contribution in [0.1, 0.15) is 0 Å². The highest BCUT2D eigenvalue weighted by Crippen LogP contribution is 1.97. The van der Waals surface area contributed by atoms with Crippen molar-refractivity contribution in [1.29, 1.82) is 0 Å². The second-order valence-corrected chi connectivity index (χ2v) is 8.70. The molecule has 11 nitrogen and oxygen atoms in total. The van der Waals surface area contributed by atoms with Crippen molar-refractivity contribution in [3.05, 3.63) is 0 Å². The third kappa shape index (κ3) is 11.4. The largest absolute Gasteiger partial charge is 0.376 e. The van der Waals surface area contributed by atoms with Gasteiger partial charge in [0.25, 0.3) is 0 Å². The van der Waals surface area contributed by atoms with Crippen molar-refractivity contribution >= 4 is 17.9 Å². The van der Waals surface area contributed by atoms with Gasteiger partial charge in [-0.05, 0) is 0 Å². The van der Waals surface area contributed by atoms with E-state index in [4.69, 9.17) is 15.0 Å². The lowest BCUT2D eigenvalue weighted by Gasteiger charge is -2.26. The first-order chi connectivity index (χ1) is 14.9. The molecule has 0 bridgehead atoms. The first kappa shape index (κ1) is 29.7. The molecule has 0 rings (SSSR count). The maximum absolute atomic E-state index is 9.44. The Morgan fingerprint density at radius 2 is 0.781 bits per heavy atom. The van der Waals surface area contributed by atoms with Gasteiger partial charge in [-0.15, -0.1) is 0 Å². The Morgan fingerprint density at radius 3 is 1.03 bits per heavy atom. The highest BCUT2D eigenvalue weighted by Gasteiger charge is 2.10. The van der Waals surface area contributed by atoms with Crippen molar-refractivity contribution in [2.45, 2.75) is 0 Å². The van der Waals surface area contributed by atoms with Gasteiger partial charge >= 0.3 is 0 Å². The third-order valence-corrected chi connectivity index (χ3v) is 4.56. The van der Waals surface area contributed by atoms with Gasteiger partial charge in [0.2, 0.25) is 0 Å². The van der Waals surface area contributed by atoms with Crippen LogP contribution in [-0.2, 0) is 0 Å². The highest BCUT2D eigenvalue weighted by atomic mass is 16.3. The predicted octanol–water partition coefficient (Wildman–Crippen LogP) is -0.954. The SMILES string of the molecule is CN(C)C(=NCCN(CCN=C(N(C)C)N(C)C)CCN=C(N(C)C)N(C)CO)N(C)C. The molecule has 0 radical (unpaired) electrons. The molecule has 11 heteroatoms. The summed E-state index contributed by atoms with van der Waals surface area (Å²) in [6, 6.07) is 0. The molecule has 188 valence electrons. The van der Waals surface area contributed by atoms with E-state index in [0.29, 0.717) is 19.6 Å². The molecule has 1 N–H and O–H groups in total. The number of nitrogens with zero attached hydrogens (tertiary/aromatic N) is 10. The van der Waals surface area contributed by atoms with Gasteiger partial charge in [-0.2, -0.15) is 0 Å². The highest BCUT2D eigenvalue weighted by molar-refractivity contribution is 5.80. The fourth-order valence-electron chi connectivity index (χ4n) is 3.24. The minimum atomic E-state index is -0.0696. The number of hydrogen-bond acceptors (Lipinski definition) is 5. The zero-order chi connectivity index (χ0) is 24.8. The van der Waals surface area contributed by atoms with Crippen LogP contribution in [0, 0.1) is 0 Å². The summed E-state index contributed by atoms with van der Waals surface area (Å²) in [5.74, 6) is 2.65. The van der Waals surface area contributed by atoms with Crippen molar-refractivity contribution in [3.63, 3.8) is 0 Å². The quantitative estimate of drug-likeness (QED) is 0.256. The molecule has 0 aliphatic heterocycles. The summed E-state index contributed by atoms with van der Waals surface area (Å²) >= 11 is 0. The molecular weight excluding hydrogens is 408 g/mol. The lowest BCUT2D eigenvalue weighted by molar-refractivity contribution is 0.180. The minimum Gasteiger partial charge on any atom is -0.376 e. The van der Waals surface area contributed by atoms with E-state index in [1.54, 1.807) is 4.90 Å². The van der Waals surface area contributed by atoms with E-state index in [-0.39, 0.29) is 6.73 Å². The van der Waals surface area contributed by atoms with E-state index >= 15 is 0 Å². The number of rotatable bonds is 10. The average Bonchev–Trinajstić information content (AvgIpc) is 2.68. The molecule has 0 atom stereocenters. The zero-order valence-corrected chi connectivity index (χ0v) is 22.4. The van der Waals surface area contributed by atoms with Crippen molar-refractivity contribution in [1.82, 2.24) is 34.3 Å². The molecule has 0 aromatic carbocycles. The van der Waals surface area contributed by atoms with Gasteiger partial charge in [0, 0.05) is 97.2 Å². The lowest BCUT2D eigenvalue weighted by Crippen LogP contribution is -2.40. The number of aliphatic imine (C=N–C) groups is 3. The Labute approximate surface area is 196 Å². The normalized spacial score (nSPS) is 11.2. The average molecular weight is 457 g/mol. The van der Waals surface area contributed by atoms with Gasteiger partial charge in [-0.3, -0.25) is 19.9 Å². The molecule has 0 heterocycles. The van der Waals surface area contributed by atoms with Crippen LogP contribution in [0.4, 0.5) is 0 Å². The Kier molecular flexibility index (Phi) is 14.4. The van der Waals surface area contributed by atoms with Crippen molar-refractivity contribution in [2.24, 2.45) is 15.0 Å². The molecule has 0 aromatic heterocycles. The fraction of sp³-hybridized carbons (Fsp3) is 0.857. The maximum Gasteiger partial charge on any atom is 0.197 e. The molecule has 0 spiro atoms. The number of aliphatic hydroxyl groups is 1. The van der Waals surface area contributed by atoms with Crippen LogP contribution in [0.25, 0.3) is 0 Å². The molecular formula is C21H48N10O. The number of guanidine groups is 3. The van der Waals surface area contributed by atoms with Crippen LogP contribution in [0.5, 0.6) is 0 Å². The zero-order valence-electron chi connectivity index (χ0n) is 22.4. The van der Waals surface area contributed by atoms with E-state index in [0.717, 1.165) is 37.5 Å².